The molecule has 0 unspecified atom stereocenters. The van der Waals surface area contributed by atoms with Crippen molar-refractivity contribution in [3.8, 4) is 50.8 Å². The molecular formula is C54H42N4. The van der Waals surface area contributed by atoms with E-state index >= 15 is 0 Å². The Morgan fingerprint density at radius 1 is 0.414 bits per heavy atom. The van der Waals surface area contributed by atoms with Gasteiger partial charge in [0.1, 0.15) is 0 Å². The van der Waals surface area contributed by atoms with Crippen LogP contribution in [0, 0.1) is 52.9 Å². The van der Waals surface area contributed by atoms with E-state index < -0.39 is 0 Å². The normalized spacial score (nSPS) is 11.6. The Kier molecular flexibility index (Phi) is 8.18. The van der Waals surface area contributed by atoms with Crippen LogP contribution >= 0.6 is 0 Å². The van der Waals surface area contributed by atoms with Crippen LogP contribution in [0.1, 0.15) is 38.9 Å². The third-order valence-electron chi connectivity index (χ3n) is 11.9. The summed E-state index contributed by atoms with van der Waals surface area (Å²) in [6.45, 7) is 13.2. The molecule has 0 N–H and O–H groups in total. The quantitative estimate of drug-likeness (QED) is 0.176. The number of hydrogen-bond acceptors (Lipinski definition) is 2. The van der Waals surface area contributed by atoms with Crippen LogP contribution in [0.4, 0.5) is 0 Å². The summed E-state index contributed by atoms with van der Waals surface area (Å²) in [5.41, 5.74) is 21.5. The lowest BCUT2D eigenvalue weighted by atomic mass is 9.93. The molecule has 0 bridgehead atoms. The highest BCUT2D eigenvalue weighted by atomic mass is 15.0. The number of fused-ring (bicyclic) bond motifs is 6. The molecule has 0 spiro atoms. The van der Waals surface area contributed by atoms with Crippen molar-refractivity contribution in [2.75, 3.05) is 0 Å². The number of nitrogens with zero attached hydrogens (tertiary/aromatic N) is 4. The number of rotatable bonds is 5. The SMILES string of the molecule is Cc1cc(C)c(-c2ccc3c(c2)c2ccccc2n3-c2cncc(-n3c4ccccc4c4cc(-c5c(C)cc(C)cc5C)ccc43)c2-c2cccc(C#N)c2)c(C)c1. The van der Waals surface area contributed by atoms with E-state index in [2.05, 4.69) is 172 Å². The Bertz CT molecular complexity index is 3130. The second kappa shape index (κ2) is 13.5. The largest absolute Gasteiger partial charge is 0.307 e. The Labute approximate surface area is 338 Å². The molecule has 0 aliphatic carbocycles. The van der Waals surface area contributed by atoms with Gasteiger partial charge in [-0.05, 0) is 140 Å². The minimum atomic E-state index is 0.609. The molecule has 0 fully saturated rings. The van der Waals surface area contributed by atoms with Gasteiger partial charge in [0.05, 0.1) is 57.5 Å². The smallest absolute Gasteiger partial charge is 0.0991 e. The molecule has 0 atom stereocenters. The molecule has 0 amide bonds. The van der Waals surface area contributed by atoms with Crippen LogP contribution < -0.4 is 0 Å². The minimum absolute atomic E-state index is 0.609. The third-order valence-corrected chi connectivity index (χ3v) is 11.9. The number of hydrogen-bond donors (Lipinski definition) is 0. The van der Waals surface area contributed by atoms with Gasteiger partial charge in [-0.1, -0.05) is 96.1 Å². The van der Waals surface area contributed by atoms with Crippen LogP contribution in [-0.2, 0) is 0 Å². The molecule has 278 valence electrons. The Balaban J connectivity index is 1.28. The van der Waals surface area contributed by atoms with E-state index in [1.54, 1.807) is 0 Å². The molecule has 10 rings (SSSR count). The summed E-state index contributed by atoms with van der Waals surface area (Å²) >= 11 is 0. The second-order valence-corrected chi connectivity index (χ2v) is 16.0. The van der Waals surface area contributed by atoms with Crippen LogP contribution in [0.5, 0.6) is 0 Å². The summed E-state index contributed by atoms with van der Waals surface area (Å²) in [6.07, 6.45) is 3.97. The van der Waals surface area contributed by atoms with Crippen molar-refractivity contribution >= 4 is 43.6 Å². The highest BCUT2D eigenvalue weighted by Gasteiger charge is 2.23. The molecule has 4 nitrogen and oxygen atoms in total. The third kappa shape index (κ3) is 5.46. The summed E-state index contributed by atoms with van der Waals surface area (Å²) < 4.78 is 4.73. The summed E-state index contributed by atoms with van der Waals surface area (Å²) in [6, 6.07) is 50.6. The zero-order valence-corrected chi connectivity index (χ0v) is 33.6. The second-order valence-electron chi connectivity index (χ2n) is 16.0. The summed E-state index contributed by atoms with van der Waals surface area (Å²) in [5, 5.41) is 14.9. The first-order valence-electron chi connectivity index (χ1n) is 19.9. The van der Waals surface area contributed by atoms with Crippen LogP contribution in [0.15, 0.2) is 146 Å². The van der Waals surface area contributed by atoms with Crippen LogP contribution in [0.2, 0.25) is 0 Å². The van der Waals surface area contributed by atoms with Gasteiger partial charge in [-0.3, -0.25) is 4.98 Å². The van der Waals surface area contributed by atoms with Crippen LogP contribution in [0.3, 0.4) is 0 Å². The van der Waals surface area contributed by atoms with E-state index in [1.165, 1.54) is 77.2 Å². The van der Waals surface area contributed by atoms with E-state index in [1.807, 2.05) is 30.6 Å². The number of pyridine rings is 1. The fourth-order valence-corrected chi connectivity index (χ4v) is 9.86. The van der Waals surface area contributed by atoms with E-state index in [4.69, 9.17) is 4.98 Å². The van der Waals surface area contributed by atoms with Gasteiger partial charge < -0.3 is 9.13 Å². The number of nitriles is 1. The van der Waals surface area contributed by atoms with Crippen molar-refractivity contribution in [2.45, 2.75) is 41.5 Å². The molecule has 10 aromatic rings. The number of benzene rings is 7. The van der Waals surface area contributed by atoms with Crippen LogP contribution in [-0.4, -0.2) is 14.1 Å². The minimum Gasteiger partial charge on any atom is -0.307 e. The van der Waals surface area contributed by atoms with E-state index in [-0.39, 0.29) is 0 Å². The first-order valence-corrected chi connectivity index (χ1v) is 19.9. The van der Waals surface area contributed by atoms with Crippen molar-refractivity contribution in [1.29, 1.82) is 5.26 Å². The number of aromatic nitrogens is 3. The van der Waals surface area contributed by atoms with E-state index in [9.17, 15) is 5.26 Å². The van der Waals surface area contributed by atoms with Gasteiger partial charge in [0.25, 0.3) is 0 Å². The lowest BCUT2D eigenvalue weighted by Gasteiger charge is -2.20. The Morgan fingerprint density at radius 3 is 1.31 bits per heavy atom. The van der Waals surface area contributed by atoms with Crippen molar-refractivity contribution in [1.82, 2.24) is 14.1 Å². The van der Waals surface area contributed by atoms with Gasteiger partial charge >= 0.3 is 0 Å². The van der Waals surface area contributed by atoms with Gasteiger partial charge in [0.2, 0.25) is 0 Å². The molecule has 0 radical (unpaired) electrons. The Hall–Kier alpha value is -7.22. The zero-order valence-electron chi connectivity index (χ0n) is 33.6. The maximum absolute atomic E-state index is 10.2. The highest BCUT2D eigenvalue weighted by molar-refractivity contribution is 6.13. The van der Waals surface area contributed by atoms with Gasteiger partial charge in [-0.25, -0.2) is 0 Å². The molecular weight excluding hydrogens is 705 g/mol. The lowest BCUT2D eigenvalue weighted by Crippen LogP contribution is -2.05. The Morgan fingerprint density at radius 2 is 0.845 bits per heavy atom. The first kappa shape index (κ1) is 35.2. The number of aryl methyl sites for hydroxylation is 6. The van der Waals surface area contributed by atoms with Crippen molar-refractivity contribution in [2.24, 2.45) is 0 Å². The fraction of sp³-hybridized carbons (Fsp3) is 0.111. The number of para-hydroxylation sites is 2. The summed E-state index contributed by atoms with van der Waals surface area (Å²) in [4.78, 5) is 5.04. The lowest BCUT2D eigenvalue weighted by molar-refractivity contribution is 1.09. The molecule has 0 aliphatic heterocycles. The van der Waals surface area contributed by atoms with E-state index in [0.29, 0.717) is 5.56 Å². The maximum Gasteiger partial charge on any atom is 0.0991 e. The predicted octanol–water partition coefficient (Wildman–Crippen LogP) is 14.0. The summed E-state index contributed by atoms with van der Waals surface area (Å²) in [5.74, 6) is 0. The maximum atomic E-state index is 10.2. The summed E-state index contributed by atoms with van der Waals surface area (Å²) in [7, 11) is 0. The zero-order chi connectivity index (χ0) is 39.8. The first-order chi connectivity index (χ1) is 28.2. The van der Waals surface area contributed by atoms with Crippen molar-refractivity contribution < 1.29 is 0 Å². The molecule has 3 aromatic heterocycles. The average Bonchev–Trinajstić information content (AvgIpc) is 3.72. The predicted molar refractivity (Wildman–Crippen MR) is 242 cm³/mol. The standard InChI is InChI=1S/C54H42N4/c1-32-22-34(3)52(35(4)23-32)40-18-20-48-44(27-40)42-14-7-9-16-46(42)57(48)50-30-56-31-51(54(50)39-13-11-12-38(26-39)29-55)58-47-17-10-8-15-43(47)45-28-41(19-21-49(45)58)53-36(5)24-33(2)25-37(53)6/h7-28,30-31H,1-6H3. The monoisotopic (exact) mass is 746 g/mol. The van der Waals surface area contributed by atoms with Gasteiger partial charge in [-0.2, -0.15) is 5.26 Å². The molecule has 7 aromatic carbocycles. The van der Waals surface area contributed by atoms with Crippen LogP contribution in [0.25, 0.3) is 88.4 Å². The van der Waals surface area contributed by atoms with Gasteiger partial charge in [-0.15, -0.1) is 0 Å². The van der Waals surface area contributed by atoms with Gasteiger partial charge in [0.15, 0.2) is 0 Å². The van der Waals surface area contributed by atoms with Crippen molar-refractivity contribution in [3.05, 3.63) is 185 Å². The van der Waals surface area contributed by atoms with Crippen molar-refractivity contribution in [3.63, 3.8) is 0 Å². The van der Waals surface area contributed by atoms with Gasteiger partial charge in [0, 0.05) is 27.1 Å². The average molecular weight is 747 g/mol. The molecule has 0 aliphatic rings. The molecule has 58 heavy (non-hydrogen) atoms. The molecule has 3 heterocycles. The fourth-order valence-electron chi connectivity index (χ4n) is 9.86. The highest BCUT2D eigenvalue weighted by Crippen LogP contribution is 2.44. The van der Waals surface area contributed by atoms with E-state index in [0.717, 1.165) is 44.6 Å². The molecule has 4 heteroatoms. The topological polar surface area (TPSA) is 46.5 Å². The molecule has 0 saturated heterocycles. The molecule has 0 saturated carbocycles.